The molecule has 0 spiro atoms. The molecule has 1 aromatic rings. The summed E-state index contributed by atoms with van der Waals surface area (Å²) in [5.74, 6) is 1.65. The zero-order valence-corrected chi connectivity index (χ0v) is 10.8. The number of hydrogen-bond acceptors (Lipinski definition) is 3. The van der Waals surface area contributed by atoms with Crippen LogP contribution in [0.3, 0.4) is 0 Å². The van der Waals surface area contributed by atoms with Crippen molar-refractivity contribution >= 4 is 0 Å². The number of nitrogens with one attached hydrogen (secondary N) is 1. The highest BCUT2D eigenvalue weighted by molar-refractivity contribution is 5.40. The van der Waals surface area contributed by atoms with Gasteiger partial charge in [0.15, 0.2) is 0 Å². The molecule has 94 valence electrons. The van der Waals surface area contributed by atoms with Crippen LogP contribution in [0.2, 0.25) is 0 Å². The third-order valence-corrected chi connectivity index (χ3v) is 2.33. The van der Waals surface area contributed by atoms with Crippen molar-refractivity contribution in [3.05, 3.63) is 36.4 Å². The van der Waals surface area contributed by atoms with Gasteiger partial charge in [0.25, 0.3) is 0 Å². The predicted molar refractivity (Wildman–Crippen MR) is 70.7 cm³/mol. The Bertz CT molecular complexity index is 361. The molecule has 17 heavy (non-hydrogen) atoms. The molecule has 0 bridgehead atoms. The minimum Gasteiger partial charge on any atom is -0.497 e. The SMILES string of the molecule is C=CCOc1cc(OC)ccc1CNC(C)C. The minimum atomic E-state index is 0.448. The lowest BCUT2D eigenvalue weighted by molar-refractivity contribution is 0.351. The van der Waals surface area contributed by atoms with E-state index in [-0.39, 0.29) is 0 Å². The Morgan fingerprint density at radius 3 is 2.76 bits per heavy atom. The molecule has 0 saturated heterocycles. The molecule has 0 amide bonds. The average molecular weight is 235 g/mol. The van der Waals surface area contributed by atoms with E-state index in [0.717, 1.165) is 23.6 Å². The highest BCUT2D eigenvalue weighted by Gasteiger charge is 2.06. The van der Waals surface area contributed by atoms with E-state index in [9.17, 15) is 0 Å². The van der Waals surface area contributed by atoms with Gasteiger partial charge in [0, 0.05) is 24.2 Å². The molecule has 0 fully saturated rings. The van der Waals surface area contributed by atoms with E-state index < -0.39 is 0 Å². The third-order valence-electron chi connectivity index (χ3n) is 2.33. The fourth-order valence-corrected chi connectivity index (χ4v) is 1.41. The van der Waals surface area contributed by atoms with Gasteiger partial charge in [-0.1, -0.05) is 32.6 Å². The quantitative estimate of drug-likeness (QED) is 0.737. The monoisotopic (exact) mass is 235 g/mol. The number of ether oxygens (including phenoxy) is 2. The molecule has 1 rings (SSSR count). The molecule has 0 heterocycles. The van der Waals surface area contributed by atoms with Crippen LogP contribution in [0.1, 0.15) is 19.4 Å². The van der Waals surface area contributed by atoms with Crippen LogP contribution in [0.15, 0.2) is 30.9 Å². The van der Waals surface area contributed by atoms with Crippen molar-refractivity contribution in [1.82, 2.24) is 5.32 Å². The van der Waals surface area contributed by atoms with E-state index in [1.165, 1.54) is 0 Å². The molecule has 0 saturated carbocycles. The van der Waals surface area contributed by atoms with Crippen molar-refractivity contribution in [1.29, 1.82) is 0 Å². The fraction of sp³-hybridized carbons (Fsp3) is 0.429. The van der Waals surface area contributed by atoms with Gasteiger partial charge in [0.2, 0.25) is 0 Å². The van der Waals surface area contributed by atoms with Gasteiger partial charge in [0.1, 0.15) is 18.1 Å². The third kappa shape index (κ3) is 4.49. The summed E-state index contributed by atoms with van der Waals surface area (Å²) in [6.07, 6.45) is 1.74. The van der Waals surface area contributed by atoms with Crippen LogP contribution in [-0.2, 0) is 6.54 Å². The lowest BCUT2D eigenvalue weighted by Crippen LogP contribution is -2.22. The molecule has 0 radical (unpaired) electrons. The largest absolute Gasteiger partial charge is 0.497 e. The Morgan fingerprint density at radius 1 is 1.41 bits per heavy atom. The normalized spacial score (nSPS) is 10.4. The van der Waals surface area contributed by atoms with Crippen LogP contribution in [0.5, 0.6) is 11.5 Å². The Labute approximate surface area is 103 Å². The summed E-state index contributed by atoms with van der Waals surface area (Å²) in [7, 11) is 1.65. The molecule has 0 aliphatic heterocycles. The van der Waals surface area contributed by atoms with Crippen molar-refractivity contribution < 1.29 is 9.47 Å². The Kier molecular flexibility index (Phi) is 5.57. The first-order chi connectivity index (χ1) is 8.17. The van der Waals surface area contributed by atoms with Crippen molar-refractivity contribution in [2.45, 2.75) is 26.4 Å². The van der Waals surface area contributed by atoms with Crippen LogP contribution in [-0.4, -0.2) is 19.8 Å². The molecular weight excluding hydrogens is 214 g/mol. The van der Waals surface area contributed by atoms with Gasteiger partial charge < -0.3 is 14.8 Å². The summed E-state index contributed by atoms with van der Waals surface area (Å²) in [5, 5.41) is 3.37. The van der Waals surface area contributed by atoms with Gasteiger partial charge in [-0.05, 0) is 6.07 Å². The van der Waals surface area contributed by atoms with E-state index in [4.69, 9.17) is 9.47 Å². The number of hydrogen-bond donors (Lipinski definition) is 1. The molecule has 3 heteroatoms. The van der Waals surface area contributed by atoms with Crippen molar-refractivity contribution in [3.63, 3.8) is 0 Å². The van der Waals surface area contributed by atoms with Crippen LogP contribution in [0, 0.1) is 0 Å². The van der Waals surface area contributed by atoms with Crippen LogP contribution >= 0.6 is 0 Å². The summed E-state index contributed by atoms with van der Waals surface area (Å²) in [6, 6.07) is 6.32. The molecule has 3 nitrogen and oxygen atoms in total. The van der Waals surface area contributed by atoms with E-state index in [2.05, 4.69) is 25.7 Å². The van der Waals surface area contributed by atoms with Crippen LogP contribution in [0.4, 0.5) is 0 Å². The summed E-state index contributed by atoms with van der Waals surface area (Å²) in [5.41, 5.74) is 1.13. The van der Waals surface area contributed by atoms with Gasteiger partial charge in [-0.3, -0.25) is 0 Å². The highest BCUT2D eigenvalue weighted by atomic mass is 16.5. The molecule has 0 aromatic heterocycles. The molecule has 1 aromatic carbocycles. The van der Waals surface area contributed by atoms with E-state index >= 15 is 0 Å². The minimum absolute atomic E-state index is 0.448. The number of methoxy groups -OCH3 is 1. The summed E-state index contributed by atoms with van der Waals surface area (Å²) < 4.78 is 10.8. The summed E-state index contributed by atoms with van der Waals surface area (Å²) in [6.45, 7) is 9.18. The zero-order chi connectivity index (χ0) is 12.7. The van der Waals surface area contributed by atoms with Gasteiger partial charge >= 0.3 is 0 Å². The molecule has 0 aliphatic rings. The number of benzene rings is 1. The maximum Gasteiger partial charge on any atom is 0.127 e. The van der Waals surface area contributed by atoms with E-state index in [1.54, 1.807) is 13.2 Å². The summed E-state index contributed by atoms with van der Waals surface area (Å²) >= 11 is 0. The van der Waals surface area contributed by atoms with Crippen LogP contribution < -0.4 is 14.8 Å². The van der Waals surface area contributed by atoms with Crippen molar-refractivity contribution in [2.24, 2.45) is 0 Å². The first-order valence-corrected chi connectivity index (χ1v) is 5.81. The first-order valence-electron chi connectivity index (χ1n) is 5.81. The van der Waals surface area contributed by atoms with Crippen molar-refractivity contribution in [3.8, 4) is 11.5 Å². The van der Waals surface area contributed by atoms with E-state index in [0.29, 0.717) is 12.6 Å². The second kappa shape index (κ2) is 6.97. The maximum absolute atomic E-state index is 5.62. The van der Waals surface area contributed by atoms with Crippen LogP contribution in [0.25, 0.3) is 0 Å². The first kappa shape index (κ1) is 13.6. The van der Waals surface area contributed by atoms with Gasteiger partial charge in [-0.2, -0.15) is 0 Å². The van der Waals surface area contributed by atoms with Gasteiger partial charge in [-0.25, -0.2) is 0 Å². The predicted octanol–water partition coefficient (Wildman–Crippen LogP) is 2.76. The Morgan fingerprint density at radius 2 is 2.18 bits per heavy atom. The number of rotatable bonds is 7. The molecular formula is C14H21NO2. The van der Waals surface area contributed by atoms with Gasteiger partial charge in [0.05, 0.1) is 7.11 Å². The maximum atomic E-state index is 5.62. The lowest BCUT2D eigenvalue weighted by Gasteiger charge is -2.14. The molecule has 1 N–H and O–H groups in total. The molecule has 0 unspecified atom stereocenters. The standard InChI is InChI=1S/C14H21NO2/c1-5-8-17-14-9-13(16-4)7-6-12(14)10-15-11(2)3/h5-7,9,11,15H,1,8,10H2,2-4H3. The highest BCUT2D eigenvalue weighted by Crippen LogP contribution is 2.24. The second-order valence-corrected chi connectivity index (χ2v) is 4.11. The zero-order valence-electron chi connectivity index (χ0n) is 10.8. The lowest BCUT2D eigenvalue weighted by atomic mass is 10.2. The topological polar surface area (TPSA) is 30.5 Å². The second-order valence-electron chi connectivity index (χ2n) is 4.11. The van der Waals surface area contributed by atoms with Crippen molar-refractivity contribution in [2.75, 3.05) is 13.7 Å². The average Bonchev–Trinajstić information content (AvgIpc) is 2.34. The molecule has 0 aliphatic carbocycles. The molecule has 0 atom stereocenters. The Balaban J connectivity index is 2.81. The Hall–Kier alpha value is -1.48. The van der Waals surface area contributed by atoms with E-state index in [1.807, 2.05) is 18.2 Å². The smallest absolute Gasteiger partial charge is 0.127 e. The fourth-order valence-electron chi connectivity index (χ4n) is 1.41. The van der Waals surface area contributed by atoms with Gasteiger partial charge in [-0.15, -0.1) is 0 Å². The summed E-state index contributed by atoms with van der Waals surface area (Å²) in [4.78, 5) is 0.